The van der Waals surface area contributed by atoms with Crippen LogP contribution in [0.5, 0.6) is 0 Å². The van der Waals surface area contributed by atoms with E-state index in [9.17, 15) is 4.79 Å². The summed E-state index contributed by atoms with van der Waals surface area (Å²) in [5.41, 5.74) is 0. The monoisotopic (exact) mass is 250 g/mol. The van der Waals surface area contributed by atoms with Gasteiger partial charge in [0.1, 0.15) is 0 Å². The molecular weight excluding hydrogens is 224 g/mol. The van der Waals surface area contributed by atoms with Gasteiger partial charge in [-0.1, -0.05) is 31.4 Å². The van der Waals surface area contributed by atoms with Gasteiger partial charge < -0.3 is 4.90 Å². The zero-order valence-electron chi connectivity index (χ0n) is 11.6. The van der Waals surface area contributed by atoms with E-state index in [1.807, 2.05) is 24.1 Å². The molecule has 0 heterocycles. The van der Waals surface area contributed by atoms with Crippen LogP contribution in [-0.2, 0) is 4.79 Å². The molecule has 0 aromatic carbocycles. The van der Waals surface area contributed by atoms with Gasteiger partial charge in [0.25, 0.3) is 0 Å². The van der Waals surface area contributed by atoms with Gasteiger partial charge in [0.05, 0.1) is 6.54 Å². The summed E-state index contributed by atoms with van der Waals surface area (Å²) in [6, 6.07) is 0.445. The Hall–Kier alpha value is -1.09. The molecule has 0 aliphatic heterocycles. The molecule has 0 radical (unpaired) electrons. The van der Waals surface area contributed by atoms with Gasteiger partial charge in [-0.25, -0.2) is 0 Å². The summed E-state index contributed by atoms with van der Waals surface area (Å²) in [5.74, 6) is 0.214. The van der Waals surface area contributed by atoms with Crippen molar-refractivity contribution in [3.05, 3.63) is 25.3 Å². The summed E-state index contributed by atoms with van der Waals surface area (Å²) in [5, 5.41) is 0. The first-order valence-corrected chi connectivity index (χ1v) is 6.88. The maximum Gasteiger partial charge on any atom is 0.236 e. The molecule has 1 amide bonds. The minimum atomic E-state index is 0.214. The largest absolute Gasteiger partial charge is 0.342 e. The molecule has 3 nitrogen and oxygen atoms in total. The lowest BCUT2D eigenvalue weighted by atomic mass is 9.94. The minimum Gasteiger partial charge on any atom is -0.342 e. The molecule has 0 saturated heterocycles. The van der Waals surface area contributed by atoms with Gasteiger partial charge >= 0.3 is 0 Å². The molecule has 0 unspecified atom stereocenters. The normalized spacial score (nSPS) is 16.6. The fourth-order valence-electron chi connectivity index (χ4n) is 2.54. The quantitative estimate of drug-likeness (QED) is 0.648. The molecule has 0 aromatic rings. The Morgan fingerprint density at radius 3 is 2.22 bits per heavy atom. The highest BCUT2D eigenvalue weighted by Crippen LogP contribution is 2.21. The molecular formula is C15H26N2O. The highest BCUT2D eigenvalue weighted by molar-refractivity contribution is 5.78. The molecule has 1 aliphatic rings. The van der Waals surface area contributed by atoms with Crippen LogP contribution in [0.4, 0.5) is 0 Å². The second kappa shape index (κ2) is 8.09. The molecule has 0 spiro atoms. The molecule has 102 valence electrons. The summed E-state index contributed by atoms with van der Waals surface area (Å²) in [7, 11) is 1.94. The standard InChI is InChI=1S/C15H26N2O/c1-4-11-17(12-5-2)13-15(18)16(3)14-9-7-6-8-10-14/h4-5,14H,1-2,6-13H2,3H3. The number of carbonyl (C=O) groups is 1. The highest BCUT2D eigenvalue weighted by Gasteiger charge is 2.22. The van der Waals surface area contributed by atoms with Crippen molar-refractivity contribution in [2.24, 2.45) is 0 Å². The molecule has 0 bridgehead atoms. The van der Waals surface area contributed by atoms with Gasteiger partial charge in [0, 0.05) is 26.2 Å². The lowest BCUT2D eigenvalue weighted by Gasteiger charge is -2.32. The van der Waals surface area contributed by atoms with E-state index in [-0.39, 0.29) is 5.91 Å². The SMILES string of the molecule is C=CCN(CC=C)CC(=O)N(C)C1CCCCC1. The van der Waals surface area contributed by atoms with Crippen molar-refractivity contribution in [2.75, 3.05) is 26.7 Å². The van der Waals surface area contributed by atoms with Gasteiger partial charge in [-0.05, 0) is 12.8 Å². The Bertz CT molecular complexity index is 272. The third-order valence-corrected chi connectivity index (χ3v) is 3.65. The van der Waals surface area contributed by atoms with Crippen molar-refractivity contribution in [1.29, 1.82) is 0 Å². The maximum absolute atomic E-state index is 12.2. The lowest BCUT2D eigenvalue weighted by molar-refractivity contribution is -0.133. The van der Waals surface area contributed by atoms with Gasteiger partial charge in [-0.2, -0.15) is 0 Å². The average molecular weight is 250 g/mol. The van der Waals surface area contributed by atoms with Crippen LogP contribution in [0.2, 0.25) is 0 Å². The minimum absolute atomic E-state index is 0.214. The summed E-state index contributed by atoms with van der Waals surface area (Å²) in [4.78, 5) is 16.2. The first kappa shape index (κ1) is 15.0. The van der Waals surface area contributed by atoms with Crippen LogP contribution in [0, 0.1) is 0 Å². The van der Waals surface area contributed by atoms with Crippen LogP contribution in [-0.4, -0.2) is 48.4 Å². The second-order valence-corrected chi connectivity index (χ2v) is 5.07. The smallest absolute Gasteiger partial charge is 0.236 e. The number of amides is 1. The Labute approximate surface area is 111 Å². The van der Waals surface area contributed by atoms with Crippen molar-refractivity contribution in [2.45, 2.75) is 38.1 Å². The highest BCUT2D eigenvalue weighted by atomic mass is 16.2. The Balaban J connectivity index is 2.45. The first-order valence-electron chi connectivity index (χ1n) is 6.88. The van der Waals surface area contributed by atoms with E-state index >= 15 is 0 Å². The summed E-state index contributed by atoms with van der Waals surface area (Å²) in [6.07, 6.45) is 9.80. The zero-order chi connectivity index (χ0) is 13.4. The zero-order valence-corrected chi connectivity index (χ0v) is 11.6. The van der Waals surface area contributed by atoms with E-state index in [1.54, 1.807) is 0 Å². The van der Waals surface area contributed by atoms with Crippen molar-refractivity contribution in [1.82, 2.24) is 9.80 Å². The van der Waals surface area contributed by atoms with E-state index in [2.05, 4.69) is 18.1 Å². The van der Waals surface area contributed by atoms with Crippen molar-refractivity contribution >= 4 is 5.91 Å². The van der Waals surface area contributed by atoms with Crippen LogP contribution in [0.3, 0.4) is 0 Å². The lowest BCUT2D eigenvalue weighted by Crippen LogP contribution is -2.44. The van der Waals surface area contributed by atoms with E-state index < -0.39 is 0 Å². The molecule has 1 rings (SSSR count). The predicted molar refractivity (Wildman–Crippen MR) is 76.5 cm³/mol. The number of rotatable bonds is 7. The van der Waals surface area contributed by atoms with E-state index in [4.69, 9.17) is 0 Å². The predicted octanol–water partition coefficient (Wildman–Crippen LogP) is 2.45. The van der Waals surface area contributed by atoms with Crippen LogP contribution in [0.15, 0.2) is 25.3 Å². The van der Waals surface area contributed by atoms with Crippen molar-refractivity contribution < 1.29 is 4.79 Å². The maximum atomic E-state index is 12.2. The number of nitrogens with zero attached hydrogens (tertiary/aromatic N) is 2. The number of carbonyl (C=O) groups excluding carboxylic acids is 1. The molecule has 3 heteroatoms. The Morgan fingerprint density at radius 2 is 1.72 bits per heavy atom. The molecule has 1 fully saturated rings. The topological polar surface area (TPSA) is 23.6 Å². The van der Waals surface area contributed by atoms with E-state index in [1.165, 1.54) is 19.3 Å². The molecule has 1 aliphatic carbocycles. The van der Waals surface area contributed by atoms with Crippen LogP contribution < -0.4 is 0 Å². The van der Waals surface area contributed by atoms with Crippen molar-refractivity contribution in [3.8, 4) is 0 Å². The Morgan fingerprint density at radius 1 is 1.17 bits per heavy atom. The summed E-state index contributed by atoms with van der Waals surface area (Å²) < 4.78 is 0. The molecule has 18 heavy (non-hydrogen) atoms. The first-order chi connectivity index (χ1) is 8.69. The van der Waals surface area contributed by atoms with Gasteiger partial charge in [0.15, 0.2) is 0 Å². The second-order valence-electron chi connectivity index (χ2n) is 5.07. The molecule has 1 saturated carbocycles. The van der Waals surface area contributed by atoms with E-state index in [0.29, 0.717) is 12.6 Å². The van der Waals surface area contributed by atoms with Gasteiger partial charge in [-0.3, -0.25) is 9.69 Å². The Kier molecular flexibility index (Phi) is 6.73. The third-order valence-electron chi connectivity index (χ3n) is 3.65. The molecule has 0 atom stereocenters. The van der Waals surface area contributed by atoms with Gasteiger partial charge in [0.2, 0.25) is 5.91 Å². The fourth-order valence-corrected chi connectivity index (χ4v) is 2.54. The summed E-state index contributed by atoms with van der Waals surface area (Å²) in [6.45, 7) is 9.38. The third kappa shape index (κ3) is 4.65. The number of hydrogen-bond acceptors (Lipinski definition) is 2. The van der Waals surface area contributed by atoms with Crippen molar-refractivity contribution in [3.63, 3.8) is 0 Å². The fraction of sp³-hybridized carbons (Fsp3) is 0.667. The molecule has 0 N–H and O–H groups in total. The van der Waals surface area contributed by atoms with Crippen LogP contribution >= 0.6 is 0 Å². The average Bonchev–Trinajstić information content (AvgIpc) is 2.39. The van der Waals surface area contributed by atoms with Gasteiger partial charge in [-0.15, -0.1) is 13.2 Å². The summed E-state index contributed by atoms with van der Waals surface area (Å²) >= 11 is 0. The van der Waals surface area contributed by atoms with Crippen LogP contribution in [0.1, 0.15) is 32.1 Å². The van der Waals surface area contributed by atoms with E-state index in [0.717, 1.165) is 25.9 Å². The number of likely N-dealkylation sites (N-methyl/N-ethyl adjacent to an activating group) is 1. The molecule has 0 aromatic heterocycles. The number of hydrogen-bond donors (Lipinski definition) is 0. The van der Waals surface area contributed by atoms with Crippen LogP contribution in [0.25, 0.3) is 0 Å².